The van der Waals surface area contributed by atoms with Gasteiger partial charge in [0.05, 0.1) is 24.1 Å². The summed E-state index contributed by atoms with van der Waals surface area (Å²) in [5, 5.41) is 13.0. The fraction of sp³-hybridized carbons (Fsp3) is 0.406. The normalized spacial score (nSPS) is 14.7. The summed E-state index contributed by atoms with van der Waals surface area (Å²) < 4.78 is 17.4. The number of amides is 1. The zero-order valence-electron chi connectivity index (χ0n) is 24.9. The Hall–Kier alpha value is -4.31. The monoisotopic (exact) mass is 575 g/mol. The van der Waals surface area contributed by atoms with E-state index in [1.807, 2.05) is 49.5 Å². The Labute approximate surface area is 247 Å². The highest BCUT2D eigenvalue weighted by Gasteiger charge is 2.39. The lowest BCUT2D eigenvalue weighted by Crippen LogP contribution is -2.44. The second-order valence-electron chi connectivity index (χ2n) is 11.3. The van der Waals surface area contributed by atoms with Crippen LogP contribution < -0.4 is 19.5 Å². The van der Waals surface area contributed by atoms with Crippen molar-refractivity contribution in [2.24, 2.45) is 5.41 Å². The van der Waals surface area contributed by atoms with Crippen molar-refractivity contribution >= 4 is 17.5 Å². The van der Waals surface area contributed by atoms with E-state index in [1.165, 1.54) is 0 Å². The van der Waals surface area contributed by atoms with Crippen molar-refractivity contribution in [1.29, 1.82) is 0 Å². The summed E-state index contributed by atoms with van der Waals surface area (Å²) in [5.41, 5.74) is 3.55. The SMILES string of the molecule is C=CCOc1ccc(Nc2cnc(OCCN(C)CCOc3cccc4c3CCN(C(=O)O)C4C(C)(C)C)nc2)cc1. The minimum atomic E-state index is -0.884. The molecule has 1 atom stereocenters. The molecule has 0 saturated carbocycles. The molecule has 0 aliphatic carbocycles. The molecule has 0 bridgehead atoms. The lowest BCUT2D eigenvalue weighted by Gasteiger charge is -2.43. The third-order valence-corrected chi connectivity index (χ3v) is 7.02. The second-order valence-corrected chi connectivity index (χ2v) is 11.3. The maximum absolute atomic E-state index is 11.9. The number of nitrogens with zero attached hydrogens (tertiary/aromatic N) is 4. The molecule has 0 spiro atoms. The van der Waals surface area contributed by atoms with E-state index in [0.717, 1.165) is 34.0 Å². The van der Waals surface area contributed by atoms with Gasteiger partial charge in [0, 0.05) is 30.9 Å². The van der Waals surface area contributed by atoms with E-state index in [0.29, 0.717) is 51.9 Å². The summed E-state index contributed by atoms with van der Waals surface area (Å²) in [6.07, 6.45) is 4.83. The molecule has 1 aliphatic heterocycles. The summed E-state index contributed by atoms with van der Waals surface area (Å²) in [6.45, 7) is 13.1. The molecule has 0 radical (unpaired) electrons. The number of fused-ring (bicyclic) bond motifs is 1. The Morgan fingerprint density at radius 2 is 1.76 bits per heavy atom. The van der Waals surface area contributed by atoms with Crippen molar-refractivity contribution in [2.75, 3.05) is 51.8 Å². The molecular weight excluding hydrogens is 534 g/mol. The van der Waals surface area contributed by atoms with Gasteiger partial charge in [-0.2, -0.15) is 0 Å². The van der Waals surface area contributed by atoms with Crippen LogP contribution in [0, 0.1) is 5.41 Å². The molecule has 1 aromatic heterocycles. The van der Waals surface area contributed by atoms with Gasteiger partial charge in [0.1, 0.15) is 31.3 Å². The van der Waals surface area contributed by atoms with Gasteiger partial charge in [-0.15, -0.1) is 0 Å². The molecule has 2 heterocycles. The van der Waals surface area contributed by atoms with Gasteiger partial charge < -0.3 is 29.5 Å². The molecule has 4 rings (SSSR count). The Kier molecular flexibility index (Phi) is 10.2. The van der Waals surface area contributed by atoms with Crippen molar-refractivity contribution in [3.05, 3.63) is 78.6 Å². The van der Waals surface area contributed by atoms with Crippen molar-refractivity contribution in [3.63, 3.8) is 0 Å². The van der Waals surface area contributed by atoms with Gasteiger partial charge >= 0.3 is 12.1 Å². The van der Waals surface area contributed by atoms with Gasteiger partial charge in [-0.1, -0.05) is 45.6 Å². The molecule has 2 N–H and O–H groups in total. The van der Waals surface area contributed by atoms with Crippen LogP contribution in [0.25, 0.3) is 0 Å². The smallest absolute Gasteiger partial charge is 0.407 e. The Bertz CT molecular complexity index is 1320. The van der Waals surface area contributed by atoms with E-state index in [9.17, 15) is 9.90 Å². The Morgan fingerprint density at radius 1 is 1.07 bits per heavy atom. The quantitative estimate of drug-likeness (QED) is 0.245. The first kappa shape index (κ1) is 30.6. The standard InChI is InChI=1S/C32H41N5O5/c1-6-18-40-25-12-10-23(11-13-25)35-24-21-33-30(34-22-24)42-20-17-36(5)16-19-41-28-9-7-8-27-26(28)14-15-37(31(38)39)29(27)32(2,3)4/h6-13,21-22,29,35H,1,14-20H2,2-5H3,(H,38,39). The van der Waals surface area contributed by atoms with Crippen molar-refractivity contribution in [1.82, 2.24) is 19.8 Å². The minimum Gasteiger partial charge on any atom is -0.492 e. The highest BCUT2D eigenvalue weighted by Crippen LogP contribution is 2.44. The number of rotatable bonds is 13. The number of carbonyl (C=O) groups is 1. The number of ether oxygens (including phenoxy) is 3. The molecule has 2 aromatic carbocycles. The summed E-state index contributed by atoms with van der Waals surface area (Å²) in [7, 11) is 2.01. The number of hydrogen-bond acceptors (Lipinski definition) is 8. The maximum atomic E-state index is 11.9. The van der Waals surface area contributed by atoms with Gasteiger partial charge in [-0.05, 0) is 54.8 Å². The van der Waals surface area contributed by atoms with Gasteiger partial charge in [0.2, 0.25) is 0 Å². The number of carboxylic acid groups (broad SMARTS) is 1. The summed E-state index contributed by atoms with van der Waals surface area (Å²) in [5.74, 6) is 1.61. The molecular formula is C32H41N5O5. The maximum Gasteiger partial charge on any atom is 0.407 e. The Morgan fingerprint density at radius 3 is 2.40 bits per heavy atom. The topological polar surface area (TPSA) is 109 Å². The van der Waals surface area contributed by atoms with Crippen LogP contribution in [0.5, 0.6) is 17.5 Å². The van der Waals surface area contributed by atoms with Crippen LogP contribution in [-0.2, 0) is 6.42 Å². The molecule has 1 amide bonds. The largest absolute Gasteiger partial charge is 0.492 e. The third-order valence-electron chi connectivity index (χ3n) is 7.02. The summed E-state index contributed by atoms with van der Waals surface area (Å²) in [4.78, 5) is 24.2. The van der Waals surface area contributed by atoms with Gasteiger partial charge in [-0.25, -0.2) is 14.8 Å². The Balaban J connectivity index is 1.21. The molecule has 3 aromatic rings. The molecule has 224 valence electrons. The zero-order valence-corrected chi connectivity index (χ0v) is 24.9. The van der Waals surface area contributed by atoms with Crippen LogP contribution >= 0.6 is 0 Å². The zero-order chi connectivity index (χ0) is 30.1. The van der Waals surface area contributed by atoms with E-state index >= 15 is 0 Å². The molecule has 10 heteroatoms. The number of nitrogens with one attached hydrogen (secondary N) is 1. The summed E-state index contributed by atoms with van der Waals surface area (Å²) in [6, 6.07) is 13.7. The van der Waals surface area contributed by atoms with Gasteiger partial charge in [-0.3, -0.25) is 4.90 Å². The minimum absolute atomic E-state index is 0.219. The van der Waals surface area contributed by atoms with Gasteiger partial charge in [0.25, 0.3) is 0 Å². The van der Waals surface area contributed by atoms with E-state index in [4.69, 9.17) is 14.2 Å². The molecule has 42 heavy (non-hydrogen) atoms. The predicted molar refractivity (Wildman–Crippen MR) is 163 cm³/mol. The fourth-order valence-corrected chi connectivity index (χ4v) is 5.04. The first-order valence-electron chi connectivity index (χ1n) is 14.1. The van der Waals surface area contributed by atoms with Gasteiger partial charge in [0.15, 0.2) is 0 Å². The number of hydrogen-bond donors (Lipinski definition) is 2. The molecule has 10 nitrogen and oxygen atoms in total. The average molecular weight is 576 g/mol. The second kappa shape index (κ2) is 14.0. The molecule has 0 saturated heterocycles. The van der Waals surface area contributed by atoms with Crippen molar-refractivity contribution < 1.29 is 24.1 Å². The van der Waals surface area contributed by atoms with Crippen LogP contribution in [0.1, 0.15) is 37.9 Å². The number of anilines is 2. The molecule has 1 aliphatic rings. The molecule has 1 unspecified atom stereocenters. The molecule has 0 fully saturated rings. The first-order chi connectivity index (χ1) is 20.2. The number of aromatic nitrogens is 2. The van der Waals surface area contributed by atoms with Crippen LogP contribution in [0.15, 0.2) is 67.5 Å². The first-order valence-corrected chi connectivity index (χ1v) is 14.1. The van der Waals surface area contributed by atoms with Crippen molar-refractivity contribution in [3.8, 4) is 17.5 Å². The highest BCUT2D eigenvalue weighted by molar-refractivity contribution is 5.67. The van der Waals surface area contributed by atoms with E-state index in [-0.39, 0.29) is 11.5 Å². The van der Waals surface area contributed by atoms with Crippen LogP contribution in [0.3, 0.4) is 0 Å². The van der Waals surface area contributed by atoms with E-state index < -0.39 is 6.09 Å². The fourth-order valence-electron chi connectivity index (χ4n) is 5.04. The lowest BCUT2D eigenvalue weighted by atomic mass is 9.77. The number of benzene rings is 2. The average Bonchev–Trinajstić information content (AvgIpc) is 2.96. The van der Waals surface area contributed by atoms with Crippen molar-refractivity contribution in [2.45, 2.75) is 33.2 Å². The van der Waals surface area contributed by atoms with E-state index in [2.05, 4.69) is 47.5 Å². The highest BCUT2D eigenvalue weighted by atomic mass is 16.5. The predicted octanol–water partition coefficient (Wildman–Crippen LogP) is 5.80. The van der Waals surface area contributed by atoms with Crippen LogP contribution in [-0.4, -0.2) is 77.5 Å². The third kappa shape index (κ3) is 8.13. The lowest BCUT2D eigenvalue weighted by molar-refractivity contribution is 0.0752. The number of likely N-dealkylation sites (N-methyl/N-ethyl adjacent to an activating group) is 1. The van der Waals surface area contributed by atoms with E-state index in [1.54, 1.807) is 23.4 Å². The van der Waals surface area contributed by atoms with Crippen LogP contribution in [0.4, 0.5) is 16.2 Å². The van der Waals surface area contributed by atoms with Crippen LogP contribution in [0.2, 0.25) is 0 Å². The summed E-state index contributed by atoms with van der Waals surface area (Å²) >= 11 is 0.